The van der Waals surface area contributed by atoms with Crippen molar-refractivity contribution in [3.05, 3.63) is 65.5 Å². The fourth-order valence-corrected chi connectivity index (χ4v) is 6.55. The zero-order valence-corrected chi connectivity index (χ0v) is 19.6. The van der Waals surface area contributed by atoms with Crippen LogP contribution >= 0.6 is 0 Å². The SMILES string of the molecule is CCC(c1ccc(C23CC(C2)C3)nc1)N1C[C@H](CC)N(Cc2ccccc2)C[C@H]1CC. The number of nitrogens with zero attached hydrogens (tertiary/aromatic N) is 3. The smallest absolute Gasteiger partial charge is 0.0465 e. The number of hydrogen-bond donors (Lipinski definition) is 0. The van der Waals surface area contributed by atoms with Crippen molar-refractivity contribution in [2.45, 2.75) is 89.4 Å². The lowest BCUT2D eigenvalue weighted by molar-refractivity contribution is -0.0310. The Hall–Kier alpha value is -1.71. The van der Waals surface area contributed by atoms with Crippen molar-refractivity contribution in [2.75, 3.05) is 13.1 Å². The summed E-state index contributed by atoms with van der Waals surface area (Å²) in [7, 11) is 0. The normalized spacial score (nSPS) is 31.6. The van der Waals surface area contributed by atoms with Crippen LogP contribution in [0.3, 0.4) is 0 Å². The van der Waals surface area contributed by atoms with Crippen LogP contribution in [-0.2, 0) is 12.0 Å². The third kappa shape index (κ3) is 3.85. The second kappa shape index (κ2) is 8.67. The second-order valence-corrected chi connectivity index (χ2v) is 10.4. The Balaban J connectivity index is 1.32. The molecule has 3 atom stereocenters. The number of rotatable bonds is 8. The van der Waals surface area contributed by atoms with Gasteiger partial charge in [0, 0.05) is 55.1 Å². The van der Waals surface area contributed by atoms with Gasteiger partial charge in [-0.2, -0.15) is 0 Å². The summed E-state index contributed by atoms with van der Waals surface area (Å²) in [5.74, 6) is 1.01. The number of aromatic nitrogens is 1. The molecule has 0 radical (unpaired) electrons. The van der Waals surface area contributed by atoms with Gasteiger partial charge < -0.3 is 0 Å². The van der Waals surface area contributed by atoms with E-state index in [9.17, 15) is 0 Å². The quantitative estimate of drug-likeness (QED) is 0.528. The summed E-state index contributed by atoms with van der Waals surface area (Å²) in [4.78, 5) is 10.5. The monoisotopic (exact) mass is 417 g/mol. The van der Waals surface area contributed by atoms with Crippen molar-refractivity contribution in [1.29, 1.82) is 0 Å². The molecule has 1 aliphatic heterocycles. The highest BCUT2D eigenvalue weighted by Crippen LogP contribution is 2.64. The zero-order chi connectivity index (χ0) is 21.4. The van der Waals surface area contributed by atoms with E-state index in [0.717, 1.165) is 32.0 Å². The van der Waals surface area contributed by atoms with E-state index < -0.39 is 0 Å². The third-order valence-electron chi connectivity index (χ3n) is 8.56. The molecule has 31 heavy (non-hydrogen) atoms. The zero-order valence-electron chi connectivity index (χ0n) is 19.6. The first-order chi connectivity index (χ1) is 15.2. The van der Waals surface area contributed by atoms with Crippen LogP contribution in [0, 0.1) is 5.92 Å². The summed E-state index contributed by atoms with van der Waals surface area (Å²) >= 11 is 0. The summed E-state index contributed by atoms with van der Waals surface area (Å²) in [6, 6.07) is 17.5. The molecule has 2 bridgehead atoms. The van der Waals surface area contributed by atoms with Crippen LogP contribution in [0.25, 0.3) is 0 Å². The van der Waals surface area contributed by atoms with Crippen molar-refractivity contribution < 1.29 is 0 Å². The Morgan fingerprint density at radius 1 is 0.935 bits per heavy atom. The molecule has 0 spiro atoms. The summed E-state index contributed by atoms with van der Waals surface area (Å²) < 4.78 is 0. The van der Waals surface area contributed by atoms with Gasteiger partial charge in [0.1, 0.15) is 0 Å². The van der Waals surface area contributed by atoms with Crippen molar-refractivity contribution in [3.63, 3.8) is 0 Å². The van der Waals surface area contributed by atoms with Crippen LogP contribution < -0.4 is 0 Å². The van der Waals surface area contributed by atoms with Crippen LogP contribution in [0.2, 0.25) is 0 Å². The van der Waals surface area contributed by atoms with Gasteiger partial charge in [-0.1, -0.05) is 57.2 Å². The fourth-order valence-electron chi connectivity index (χ4n) is 6.55. The van der Waals surface area contributed by atoms with Crippen LogP contribution in [0.5, 0.6) is 0 Å². The first-order valence-electron chi connectivity index (χ1n) is 12.7. The molecule has 1 saturated heterocycles. The van der Waals surface area contributed by atoms with Gasteiger partial charge in [-0.25, -0.2) is 0 Å². The van der Waals surface area contributed by atoms with Gasteiger partial charge in [-0.3, -0.25) is 14.8 Å². The van der Waals surface area contributed by atoms with E-state index in [2.05, 4.69) is 79.2 Å². The van der Waals surface area contributed by atoms with Crippen molar-refractivity contribution in [1.82, 2.24) is 14.8 Å². The fraction of sp³-hybridized carbons (Fsp3) is 0.607. The Labute approximate surface area is 188 Å². The second-order valence-electron chi connectivity index (χ2n) is 10.4. The highest BCUT2D eigenvalue weighted by Gasteiger charge is 2.58. The molecule has 6 rings (SSSR count). The lowest BCUT2D eigenvalue weighted by atomic mass is 9.43. The van der Waals surface area contributed by atoms with Gasteiger partial charge in [0.15, 0.2) is 0 Å². The number of hydrogen-bond acceptors (Lipinski definition) is 3. The highest BCUT2D eigenvalue weighted by molar-refractivity contribution is 5.31. The van der Waals surface area contributed by atoms with Gasteiger partial charge >= 0.3 is 0 Å². The first kappa shape index (κ1) is 21.2. The lowest BCUT2D eigenvalue weighted by Crippen LogP contribution is -2.58. The molecule has 4 fully saturated rings. The number of benzene rings is 1. The average molecular weight is 418 g/mol. The molecular weight excluding hydrogens is 378 g/mol. The van der Waals surface area contributed by atoms with Gasteiger partial charge in [-0.15, -0.1) is 0 Å². The van der Waals surface area contributed by atoms with E-state index >= 15 is 0 Å². The third-order valence-corrected chi connectivity index (χ3v) is 8.56. The van der Waals surface area contributed by atoms with Crippen LogP contribution in [0.1, 0.15) is 82.2 Å². The Morgan fingerprint density at radius 2 is 1.68 bits per heavy atom. The van der Waals surface area contributed by atoms with Crippen LogP contribution in [-0.4, -0.2) is 40.0 Å². The molecule has 0 amide bonds. The molecule has 3 aliphatic carbocycles. The summed E-state index contributed by atoms with van der Waals surface area (Å²) in [5, 5.41) is 0. The highest BCUT2D eigenvalue weighted by atomic mass is 15.3. The molecule has 3 heteroatoms. The summed E-state index contributed by atoms with van der Waals surface area (Å²) in [6.07, 6.45) is 9.93. The minimum atomic E-state index is 0.466. The van der Waals surface area contributed by atoms with Crippen molar-refractivity contribution in [2.24, 2.45) is 5.92 Å². The Bertz CT molecular complexity index is 845. The molecule has 1 aromatic heterocycles. The molecule has 1 unspecified atom stereocenters. The minimum Gasteiger partial charge on any atom is -0.293 e. The molecule has 2 aromatic rings. The van der Waals surface area contributed by atoms with Crippen LogP contribution in [0.4, 0.5) is 0 Å². The average Bonchev–Trinajstić information content (AvgIpc) is 2.74. The summed E-state index contributed by atoms with van der Waals surface area (Å²) in [6.45, 7) is 10.5. The maximum atomic E-state index is 5.00. The van der Waals surface area contributed by atoms with Gasteiger partial charge in [0.25, 0.3) is 0 Å². The molecule has 3 saturated carbocycles. The van der Waals surface area contributed by atoms with E-state index in [1.807, 2.05) is 0 Å². The number of piperazine rings is 1. The molecule has 166 valence electrons. The van der Waals surface area contributed by atoms with Gasteiger partial charge in [-0.05, 0) is 61.6 Å². The van der Waals surface area contributed by atoms with E-state index in [1.54, 1.807) is 0 Å². The standard InChI is InChI=1S/C28H39N3/c1-4-24-20-31(25(5-2)19-30(24)18-21-10-8-7-9-11-21)26(6-3)23-12-13-27(29-17-23)28-14-22(15-28)16-28/h7-13,17,22,24-26H,4-6,14-16,18-20H2,1-3H3/t22?,24-,25+,26?,28?/m0/s1. The molecule has 2 heterocycles. The minimum absolute atomic E-state index is 0.466. The molecule has 3 nitrogen and oxygen atoms in total. The lowest BCUT2D eigenvalue weighted by Gasteiger charge is -2.61. The molecule has 0 N–H and O–H groups in total. The molecular formula is C28H39N3. The van der Waals surface area contributed by atoms with E-state index in [1.165, 1.54) is 48.9 Å². The van der Waals surface area contributed by atoms with Crippen molar-refractivity contribution in [3.8, 4) is 0 Å². The summed E-state index contributed by atoms with van der Waals surface area (Å²) in [5.41, 5.74) is 4.68. The molecule has 4 aliphatic rings. The maximum Gasteiger partial charge on any atom is 0.0465 e. The van der Waals surface area contributed by atoms with Gasteiger partial charge in [0.2, 0.25) is 0 Å². The van der Waals surface area contributed by atoms with Crippen molar-refractivity contribution >= 4 is 0 Å². The Morgan fingerprint density at radius 3 is 2.23 bits per heavy atom. The predicted octanol–water partition coefficient (Wildman–Crippen LogP) is 5.96. The largest absolute Gasteiger partial charge is 0.293 e. The molecule has 1 aromatic carbocycles. The van der Waals surface area contributed by atoms with E-state index in [4.69, 9.17) is 4.98 Å². The van der Waals surface area contributed by atoms with E-state index in [-0.39, 0.29) is 0 Å². The van der Waals surface area contributed by atoms with E-state index in [0.29, 0.717) is 23.5 Å². The first-order valence-corrected chi connectivity index (χ1v) is 12.7. The topological polar surface area (TPSA) is 19.4 Å². The maximum absolute atomic E-state index is 5.00. The number of pyridine rings is 1. The van der Waals surface area contributed by atoms with Crippen LogP contribution in [0.15, 0.2) is 48.7 Å². The predicted molar refractivity (Wildman–Crippen MR) is 128 cm³/mol. The van der Waals surface area contributed by atoms with Gasteiger partial charge in [0.05, 0.1) is 0 Å². The Kier molecular flexibility index (Phi) is 5.92.